The van der Waals surface area contributed by atoms with Gasteiger partial charge in [0.25, 0.3) is 0 Å². The Hall–Kier alpha value is -5.27. The van der Waals surface area contributed by atoms with Crippen molar-refractivity contribution in [3.8, 4) is 45.9 Å². The number of carbonyl (C=O) groups excluding carboxylic acids is 3. The zero-order chi connectivity index (χ0) is 30.2. The second kappa shape index (κ2) is 10.5. The van der Waals surface area contributed by atoms with Crippen molar-refractivity contribution in [3.05, 3.63) is 119 Å². The fourth-order valence-corrected chi connectivity index (χ4v) is 6.13. The molecule has 0 bridgehead atoms. The number of aldehydes is 1. The Balaban J connectivity index is 1.40. The van der Waals surface area contributed by atoms with Gasteiger partial charge >= 0.3 is 5.97 Å². The molecule has 2 aliphatic carbocycles. The standard InChI is InChI=1S/C37H26O6/c1-43-34(40)35(33(39)24-38,20-10-22-36(41)29-16-6-2-12-25(29)26-13-3-7-17-30(26)36)21-11-23-37(42)31-18-8-4-14-27(31)28-15-5-9-19-32(28)37/h2-9,12-19,24,41-42H,20-21H2,1H3. The molecule has 0 aromatic heterocycles. The molecule has 43 heavy (non-hydrogen) atoms. The lowest BCUT2D eigenvalue weighted by molar-refractivity contribution is -0.158. The van der Waals surface area contributed by atoms with Crippen LogP contribution >= 0.6 is 0 Å². The highest BCUT2D eigenvalue weighted by Gasteiger charge is 2.47. The Morgan fingerprint density at radius 1 is 0.674 bits per heavy atom. The third kappa shape index (κ3) is 4.20. The molecule has 210 valence electrons. The number of ether oxygens (including phenoxy) is 1. The summed E-state index contributed by atoms with van der Waals surface area (Å²) in [4.78, 5) is 38.1. The second-order valence-electron chi connectivity index (χ2n) is 10.6. The number of rotatable bonds is 5. The Morgan fingerprint density at radius 3 is 1.30 bits per heavy atom. The summed E-state index contributed by atoms with van der Waals surface area (Å²) in [5.41, 5.74) is 0.161. The molecule has 6 heteroatoms. The van der Waals surface area contributed by atoms with Gasteiger partial charge in [0.15, 0.2) is 22.9 Å². The molecule has 0 saturated carbocycles. The van der Waals surface area contributed by atoms with E-state index >= 15 is 0 Å². The van der Waals surface area contributed by atoms with Crippen LogP contribution in [0, 0.1) is 29.1 Å². The highest BCUT2D eigenvalue weighted by atomic mass is 16.5. The van der Waals surface area contributed by atoms with Crippen LogP contribution in [0.5, 0.6) is 0 Å². The quantitative estimate of drug-likeness (QED) is 0.121. The Kier molecular flexibility index (Phi) is 6.83. The number of fused-ring (bicyclic) bond motifs is 6. The minimum Gasteiger partial charge on any atom is -0.468 e. The van der Waals surface area contributed by atoms with Crippen LogP contribution in [0.2, 0.25) is 0 Å². The Labute approximate surface area is 249 Å². The van der Waals surface area contributed by atoms with Crippen molar-refractivity contribution < 1.29 is 29.3 Å². The SMILES string of the molecule is COC(=O)C(CC#CC1(O)c2ccccc2-c2ccccc21)(CC#CC1(O)c2ccccc2-c2ccccc21)C(=O)C=O. The second-order valence-corrected chi connectivity index (χ2v) is 10.6. The van der Waals surface area contributed by atoms with Crippen molar-refractivity contribution in [1.29, 1.82) is 0 Å². The molecule has 0 radical (unpaired) electrons. The topological polar surface area (TPSA) is 101 Å². The Bertz CT molecular complexity index is 1720. The average molecular weight is 567 g/mol. The smallest absolute Gasteiger partial charge is 0.321 e. The first kappa shape index (κ1) is 27.9. The summed E-state index contributed by atoms with van der Waals surface area (Å²) < 4.78 is 4.98. The summed E-state index contributed by atoms with van der Waals surface area (Å²) in [7, 11) is 1.12. The van der Waals surface area contributed by atoms with Crippen LogP contribution in [0.1, 0.15) is 35.1 Å². The molecular weight excluding hydrogens is 540 g/mol. The predicted molar refractivity (Wildman–Crippen MR) is 160 cm³/mol. The van der Waals surface area contributed by atoms with Gasteiger partial charge in [-0.1, -0.05) is 121 Å². The first-order chi connectivity index (χ1) is 20.8. The summed E-state index contributed by atoms with van der Waals surface area (Å²) in [6, 6.07) is 29.3. The molecule has 0 amide bonds. The first-order valence-electron chi connectivity index (χ1n) is 13.7. The van der Waals surface area contributed by atoms with Crippen LogP contribution in [0.4, 0.5) is 0 Å². The maximum atomic E-state index is 13.2. The van der Waals surface area contributed by atoms with E-state index in [9.17, 15) is 24.6 Å². The number of esters is 1. The minimum atomic E-state index is -2.07. The maximum Gasteiger partial charge on any atom is 0.321 e. The molecular formula is C37H26O6. The van der Waals surface area contributed by atoms with Crippen molar-refractivity contribution in [3.63, 3.8) is 0 Å². The lowest BCUT2D eigenvalue weighted by atomic mass is 9.77. The molecule has 2 N–H and O–H groups in total. The lowest BCUT2D eigenvalue weighted by Gasteiger charge is -2.24. The van der Waals surface area contributed by atoms with E-state index in [-0.39, 0.29) is 6.29 Å². The van der Waals surface area contributed by atoms with Crippen LogP contribution in [0.15, 0.2) is 97.1 Å². The monoisotopic (exact) mass is 566 g/mol. The third-order valence-electron chi connectivity index (χ3n) is 8.32. The van der Waals surface area contributed by atoms with Gasteiger partial charge in [-0.05, 0) is 22.3 Å². The number of carbonyl (C=O) groups is 3. The van der Waals surface area contributed by atoms with Crippen molar-refractivity contribution in [1.82, 2.24) is 0 Å². The minimum absolute atomic E-state index is 0.0596. The molecule has 0 saturated heterocycles. The van der Waals surface area contributed by atoms with Gasteiger partial charge in [-0.25, -0.2) is 0 Å². The van der Waals surface area contributed by atoms with E-state index in [0.717, 1.165) is 29.4 Å². The van der Waals surface area contributed by atoms with Gasteiger partial charge in [0.2, 0.25) is 5.78 Å². The maximum absolute atomic E-state index is 13.2. The largest absolute Gasteiger partial charge is 0.468 e. The molecule has 4 aromatic carbocycles. The van der Waals surface area contributed by atoms with Gasteiger partial charge in [-0.15, -0.1) is 0 Å². The highest BCUT2D eigenvalue weighted by Crippen LogP contribution is 2.48. The van der Waals surface area contributed by atoms with Crippen LogP contribution in [-0.4, -0.2) is 35.4 Å². The lowest BCUT2D eigenvalue weighted by Crippen LogP contribution is -2.41. The van der Waals surface area contributed by atoms with E-state index < -0.39 is 41.2 Å². The van der Waals surface area contributed by atoms with Gasteiger partial charge < -0.3 is 14.9 Å². The van der Waals surface area contributed by atoms with E-state index in [2.05, 4.69) is 23.7 Å². The number of methoxy groups -OCH3 is 1. The van der Waals surface area contributed by atoms with Crippen molar-refractivity contribution in [2.75, 3.05) is 7.11 Å². The van der Waals surface area contributed by atoms with E-state index in [1.54, 1.807) is 48.5 Å². The van der Waals surface area contributed by atoms with Crippen LogP contribution in [-0.2, 0) is 30.3 Å². The van der Waals surface area contributed by atoms with Gasteiger partial charge in [0.1, 0.15) is 0 Å². The predicted octanol–water partition coefficient (Wildman–Crippen LogP) is 4.53. The summed E-state index contributed by atoms with van der Waals surface area (Å²) >= 11 is 0. The number of benzene rings is 4. The molecule has 0 unspecified atom stereocenters. The first-order valence-corrected chi connectivity index (χ1v) is 13.7. The number of Topliss-reactive ketones (excluding diaryl/α,β-unsaturated/α-hetero) is 1. The molecule has 0 spiro atoms. The fourth-order valence-electron chi connectivity index (χ4n) is 6.13. The van der Waals surface area contributed by atoms with Gasteiger partial charge in [0.05, 0.1) is 7.11 Å². The number of ketones is 1. The normalized spacial score (nSPS) is 14.4. The van der Waals surface area contributed by atoms with Crippen molar-refractivity contribution >= 4 is 18.0 Å². The molecule has 6 nitrogen and oxygen atoms in total. The van der Waals surface area contributed by atoms with Crippen LogP contribution in [0.25, 0.3) is 22.3 Å². The summed E-state index contributed by atoms with van der Waals surface area (Å²) in [5, 5.41) is 23.6. The molecule has 0 aliphatic heterocycles. The number of hydrogen-bond donors (Lipinski definition) is 2. The van der Waals surface area contributed by atoms with Crippen LogP contribution in [0.3, 0.4) is 0 Å². The molecule has 4 aromatic rings. The fraction of sp³-hybridized carbons (Fsp3) is 0.162. The van der Waals surface area contributed by atoms with Gasteiger partial charge in [-0.3, -0.25) is 14.4 Å². The van der Waals surface area contributed by atoms with E-state index in [4.69, 9.17) is 4.74 Å². The van der Waals surface area contributed by atoms with E-state index in [0.29, 0.717) is 22.3 Å². The van der Waals surface area contributed by atoms with Crippen LogP contribution < -0.4 is 0 Å². The highest BCUT2D eigenvalue weighted by molar-refractivity contribution is 6.33. The van der Waals surface area contributed by atoms with E-state index in [1.165, 1.54) is 0 Å². The van der Waals surface area contributed by atoms with Gasteiger partial charge in [0, 0.05) is 35.1 Å². The van der Waals surface area contributed by atoms with E-state index in [1.807, 2.05) is 48.5 Å². The third-order valence-corrected chi connectivity index (χ3v) is 8.32. The summed E-state index contributed by atoms with van der Waals surface area (Å²) in [6.07, 6.45) is -0.821. The number of aliphatic hydroxyl groups is 2. The number of hydrogen-bond acceptors (Lipinski definition) is 6. The van der Waals surface area contributed by atoms with Crippen molar-refractivity contribution in [2.45, 2.75) is 24.0 Å². The molecule has 0 fully saturated rings. The molecule has 0 heterocycles. The molecule has 0 atom stereocenters. The Morgan fingerprint density at radius 2 is 1.00 bits per heavy atom. The average Bonchev–Trinajstić information content (AvgIpc) is 3.46. The molecule has 6 rings (SSSR count). The zero-order valence-corrected chi connectivity index (χ0v) is 23.3. The van der Waals surface area contributed by atoms with Gasteiger partial charge in [-0.2, -0.15) is 0 Å². The summed E-state index contributed by atoms with van der Waals surface area (Å²) in [6.45, 7) is 0. The summed E-state index contributed by atoms with van der Waals surface area (Å²) in [5.74, 6) is 9.39. The zero-order valence-electron chi connectivity index (χ0n) is 23.3. The van der Waals surface area contributed by atoms with Crippen molar-refractivity contribution in [2.24, 2.45) is 5.41 Å². The molecule has 2 aliphatic rings.